The van der Waals surface area contributed by atoms with Gasteiger partial charge in [-0.25, -0.2) is 0 Å². The summed E-state index contributed by atoms with van der Waals surface area (Å²) in [6.07, 6.45) is 1.47. The van der Waals surface area contributed by atoms with Crippen LogP contribution in [0, 0.1) is 0 Å². The highest BCUT2D eigenvalue weighted by Crippen LogP contribution is 2.16. The first kappa shape index (κ1) is 13.0. The van der Waals surface area contributed by atoms with Crippen LogP contribution in [-0.4, -0.2) is 17.8 Å². The van der Waals surface area contributed by atoms with E-state index in [1.54, 1.807) is 0 Å². The lowest BCUT2D eigenvalue weighted by molar-refractivity contribution is -0.115. The van der Waals surface area contributed by atoms with Crippen LogP contribution in [-0.2, 0) is 4.79 Å². The summed E-state index contributed by atoms with van der Waals surface area (Å²) in [6.45, 7) is 2.53. The zero-order chi connectivity index (χ0) is 11.8. The van der Waals surface area contributed by atoms with Gasteiger partial charge in [-0.15, -0.1) is 0 Å². The Morgan fingerprint density at radius 3 is 2.62 bits per heavy atom. The van der Waals surface area contributed by atoms with Crippen LogP contribution < -0.4 is 10.1 Å². The second-order valence-electron chi connectivity index (χ2n) is 3.32. The molecular formula is C12H16BrNO2. The molecule has 0 aliphatic heterocycles. The number of carbonyl (C=O) groups excluding carboxylic acids is 1. The third-order valence-electron chi connectivity index (χ3n) is 2.01. The van der Waals surface area contributed by atoms with Crippen molar-refractivity contribution in [1.29, 1.82) is 0 Å². The molecule has 4 heteroatoms. The van der Waals surface area contributed by atoms with Crippen LogP contribution >= 0.6 is 15.9 Å². The van der Waals surface area contributed by atoms with Crippen molar-refractivity contribution < 1.29 is 9.53 Å². The van der Waals surface area contributed by atoms with E-state index in [4.69, 9.17) is 4.74 Å². The predicted molar refractivity (Wildman–Crippen MR) is 69.3 cm³/mol. The Kier molecular flexibility index (Phi) is 5.93. The summed E-state index contributed by atoms with van der Waals surface area (Å²) >= 11 is 3.34. The number of ether oxygens (including phenoxy) is 1. The van der Waals surface area contributed by atoms with Crippen molar-refractivity contribution in [1.82, 2.24) is 0 Å². The minimum Gasteiger partial charge on any atom is -0.494 e. The number of amides is 1. The maximum atomic E-state index is 11.1. The van der Waals surface area contributed by atoms with Gasteiger partial charge >= 0.3 is 0 Å². The van der Waals surface area contributed by atoms with E-state index in [0.717, 1.165) is 23.2 Å². The van der Waals surface area contributed by atoms with Crippen molar-refractivity contribution in [2.75, 3.05) is 17.3 Å². The molecule has 0 aliphatic carbocycles. The zero-order valence-electron chi connectivity index (χ0n) is 9.33. The lowest BCUT2D eigenvalue weighted by atomic mass is 10.3. The van der Waals surface area contributed by atoms with Crippen molar-refractivity contribution >= 4 is 27.5 Å². The fourth-order valence-electron chi connectivity index (χ4n) is 1.13. The van der Waals surface area contributed by atoms with Crippen molar-refractivity contribution in [2.24, 2.45) is 0 Å². The molecule has 1 aromatic carbocycles. The van der Waals surface area contributed by atoms with Gasteiger partial charge in [0.1, 0.15) is 5.75 Å². The van der Waals surface area contributed by atoms with Crippen LogP contribution in [0.4, 0.5) is 5.69 Å². The first-order chi connectivity index (χ1) is 7.76. The Labute approximate surface area is 104 Å². The lowest BCUT2D eigenvalue weighted by Crippen LogP contribution is -2.09. The number of hydrogen-bond donors (Lipinski definition) is 1. The highest BCUT2D eigenvalue weighted by Gasteiger charge is 1.99. The molecule has 0 bridgehead atoms. The molecule has 0 atom stereocenters. The fourth-order valence-corrected chi connectivity index (χ4v) is 1.36. The maximum absolute atomic E-state index is 11.1. The first-order valence-electron chi connectivity index (χ1n) is 5.35. The molecule has 0 aromatic heterocycles. The average molecular weight is 286 g/mol. The number of halogens is 1. The summed E-state index contributed by atoms with van der Waals surface area (Å²) < 4.78 is 5.49. The molecule has 0 spiro atoms. The lowest BCUT2D eigenvalue weighted by Gasteiger charge is -2.07. The molecule has 0 saturated heterocycles. The Hall–Kier alpha value is -1.03. The Morgan fingerprint density at radius 2 is 2.06 bits per heavy atom. The number of benzene rings is 1. The smallest absolute Gasteiger partial charge is 0.224 e. The zero-order valence-corrected chi connectivity index (χ0v) is 10.9. The minimum absolute atomic E-state index is 0.0213. The monoisotopic (exact) mass is 285 g/mol. The molecule has 0 saturated carbocycles. The van der Waals surface area contributed by atoms with Crippen LogP contribution in [0.15, 0.2) is 24.3 Å². The molecule has 0 unspecified atom stereocenters. The van der Waals surface area contributed by atoms with E-state index in [9.17, 15) is 4.79 Å². The standard InChI is InChI=1S/C12H16BrNO2/c1-2-12(15)14-10-4-6-11(7-5-10)16-9-3-8-13/h4-7H,2-3,8-9H2,1H3,(H,14,15). The van der Waals surface area contributed by atoms with Crippen molar-refractivity contribution in [3.8, 4) is 5.75 Å². The normalized spacial score (nSPS) is 9.88. The van der Waals surface area contributed by atoms with Crippen LogP contribution in [0.25, 0.3) is 0 Å². The third-order valence-corrected chi connectivity index (χ3v) is 2.57. The highest BCUT2D eigenvalue weighted by atomic mass is 79.9. The minimum atomic E-state index is 0.0213. The molecule has 1 rings (SSSR count). The molecule has 16 heavy (non-hydrogen) atoms. The molecule has 0 aliphatic rings. The number of hydrogen-bond acceptors (Lipinski definition) is 2. The van der Waals surface area contributed by atoms with E-state index in [-0.39, 0.29) is 5.91 Å². The summed E-state index contributed by atoms with van der Waals surface area (Å²) in [5.74, 6) is 0.850. The predicted octanol–water partition coefficient (Wildman–Crippen LogP) is 3.20. The van der Waals surface area contributed by atoms with Gasteiger partial charge in [0, 0.05) is 17.4 Å². The summed E-state index contributed by atoms with van der Waals surface area (Å²) in [4.78, 5) is 11.1. The summed E-state index contributed by atoms with van der Waals surface area (Å²) in [7, 11) is 0. The van der Waals surface area contributed by atoms with Crippen LogP contribution in [0.1, 0.15) is 19.8 Å². The van der Waals surface area contributed by atoms with Crippen LogP contribution in [0.2, 0.25) is 0 Å². The van der Waals surface area contributed by atoms with E-state index in [2.05, 4.69) is 21.2 Å². The summed E-state index contributed by atoms with van der Waals surface area (Å²) in [5.41, 5.74) is 0.805. The van der Waals surface area contributed by atoms with Gasteiger partial charge in [0.2, 0.25) is 5.91 Å². The first-order valence-corrected chi connectivity index (χ1v) is 6.47. The van der Waals surface area contributed by atoms with Crippen LogP contribution in [0.3, 0.4) is 0 Å². The molecule has 0 radical (unpaired) electrons. The van der Waals surface area contributed by atoms with Crippen LogP contribution in [0.5, 0.6) is 5.75 Å². The molecule has 0 fully saturated rings. The molecule has 0 heterocycles. The number of carbonyl (C=O) groups is 1. The molecule has 88 valence electrons. The Balaban J connectivity index is 2.44. The molecule has 3 nitrogen and oxygen atoms in total. The van der Waals surface area contributed by atoms with Crippen molar-refractivity contribution in [2.45, 2.75) is 19.8 Å². The third kappa shape index (κ3) is 4.66. The number of alkyl halides is 1. The summed E-state index contributed by atoms with van der Waals surface area (Å²) in [6, 6.07) is 7.41. The molecular weight excluding hydrogens is 270 g/mol. The van der Waals surface area contributed by atoms with E-state index in [0.29, 0.717) is 13.0 Å². The quantitative estimate of drug-likeness (QED) is 0.644. The largest absolute Gasteiger partial charge is 0.494 e. The van der Waals surface area contributed by atoms with Gasteiger partial charge in [0.25, 0.3) is 0 Å². The van der Waals surface area contributed by atoms with Crippen molar-refractivity contribution in [3.63, 3.8) is 0 Å². The Bertz CT molecular complexity index is 324. The highest BCUT2D eigenvalue weighted by molar-refractivity contribution is 9.09. The van der Waals surface area contributed by atoms with E-state index < -0.39 is 0 Å². The van der Waals surface area contributed by atoms with Gasteiger partial charge in [-0.1, -0.05) is 22.9 Å². The fraction of sp³-hybridized carbons (Fsp3) is 0.417. The van der Waals surface area contributed by atoms with Gasteiger partial charge in [-0.05, 0) is 30.7 Å². The molecule has 1 amide bonds. The van der Waals surface area contributed by atoms with Crippen molar-refractivity contribution in [3.05, 3.63) is 24.3 Å². The van der Waals surface area contributed by atoms with Gasteiger partial charge in [0.05, 0.1) is 6.61 Å². The van der Waals surface area contributed by atoms with E-state index in [1.165, 1.54) is 0 Å². The number of rotatable bonds is 6. The average Bonchev–Trinajstić information content (AvgIpc) is 2.31. The van der Waals surface area contributed by atoms with Gasteiger partial charge in [0.15, 0.2) is 0 Å². The summed E-state index contributed by atoms with van der Waals surface area (Å²) in [5, 5.41) is 3.73. The number of nitrogens with one attached hydrogen (secondary N) is 1. The van der Waals surface area contributed by atoms with Gasteiger partial charge in [-0.3, -0.25) is 4.79 Å². The second kappa shape index (κ2) is 7.28. The van der Waals surface area contributed by atoms with E-state index >= 15 is 0 Å². The molecule has 1 N–H and O–H groups in total. The van der Waals surface area contributed by atoms with Gasteiger partial charge < -0.3 is 10.1 Å². The maximum Gasteiger partial charge on any atom is 0.224 e. The molecule has 1 aromatic rings. The topological polar surface area (TPSA) is 38.3 Å². The van der Waals surface area contributed by atoms with Gasteiger partial charge in [-0.2, -0.15) is 0 Å². The Morgan fingerprint density at radius 1 is 1.38 bits per heavy atom. The number of anilines is 1. The van der Waals surface area contributed by atoms with E-state index in [1.807, 2.05) is 31.2 Å². The SMILES string of the molecule is CCC(=O)Nc1ccc(OCCCBr)cc1. The second-order valence-corrected chi connectivity index (χ2v) is 4.11.